The summed E-state index contributed by atoms with van der Waals surface area (Å²) in [6, 6.07) is 0. The summed E-state index contributed by atoms with van der Waals surface area (Å²) in [5.74, 6) is -1.25. The van der Waals surface area contributed by atoms with Crippen molar-refractivity contribution in [3.8, 4) is 0 Å². The summed E-state index contributed by atoms with van der Waals surface area (Å²) in [6.07, 6.45) is 3.93. The summed E-state index contributed by atoms with van der Waals surface area (Å²) < 4.78 is 14.0. The molecule has 1 aliphatic rings. The van der Waals surface area contributed by atoms with E-state index in [1.54, 1.807) is 6.08 Å². The molecular weight excluding hydrogens is 368 g/mol. The molecule has 0 fully saturated rings. The Kier molecular flexibility index (Phi) is 5.98. The van der Waals surface area contributed by atoms with Crippen LogP contribution in [-0.2, 0) is 20.5 Å². The molecule has 0 unspecified atom stereocenters. The van der Waals surface area contributed by atoms with Crippen molar-refractivity contribution in [3.63, 3.8) is 0 Å². The van der Waals surface area contributed by atoms with Crippen molar-refractivity contribution in [2.24, 2.45) is 0 Å². The molecule has 0 saturated heterocycles. The highest BCUT2D eigenvalue weighted by atomic mass is 28.4. The van der Waals surface area contributed by atoms with Gasteiger partial charge in [-0.15, -0.1) is 0 Å². The fourth-order valence-corrected chi connectivity index (χ4v) is 3.48. The van der Waals surface area contributed by atoms with Crippen LogP contribution in [0.1, 0.15) is 32.6 Å². The molecule has 0 aliphatic carbocycles. The molecule has 0 saturated carbocycles. The molecule has 150 valence electrons. The van der Waals surface area contributed by atoms with Crippen LogP contribution in [0.25, 0.3) is 0 Å². The van der Waals surface area contributed by atoms with Gasteiger partial charge in [0.15, 0.2) is 14.5 Å². The fraction of sp³-hybridized carbons (Fsp3) is 0.611. The predicted octanol–water partition coefficient (Wildman–Crippen LogP) is 1.88. The average Bonchev–Trinajstić information content (AvgIpc) is 3.00. The first-order valence-corrected chi connectivity index (χ1v) is 11.8. The third-order valence-electron chi connectivity index (χ3n) is 5.15. The van der Waals surface area contributed by atoms with Gasteiger partial charge in [0.1, 0.15) is 12.6 Å². The highest BCUT2D eigenvalue weighted by Crippen LogP contribution is 2.37. The van der Waals surface area contributed by atoms with E-state index in [2.05, 4.69) is 33.9 Å². The van der Waals surface area contributed by atoms with Gasteiger partial charge in [-0.25, -0.2) is 9.36 Å². The van der Waals surface area contributed by atoms with Crippen LogP contribution in [0.15, 0.2) is 27.9 Å². The molecule has 1 aromatic rings. The number of hydrogen-bond acceptors (Lipinski definition) is 5. The SMILES string of the molecule is Cc1cn([C@H]2C=C[C@@H](CO[Si](C)(C)C(C)(C)C)O2)c(=O)n(CC(=O)O)c1=O. The Labute approximate surface area is 159 Å². The Morgan fingerprint density at radius 3 is 2.48 bits per heavy atom. The summed E-state index contributed by atoms with van der Waals surface area (Å²) in [7, 11) is -1.92. The largest absolute Gasteiger partial charge is 0.480 e. The Morgan fingerprint density at radius 1 is 1.30 bits per heavy atom. The predicted molar refractivity (Wildman–Crippen MR) is 104 cm³/mol. The first-order chi connectivity index (χ1) is 12.3. The summed E-state index contributed by atoms with van der Waals surface area (Å²) in [4.78, 5) is 35.6. The van der Waals surface area contributed by atoms with E-state index in [1.165, 1.54) is 17.7 Å². The van der Waals surface area contributed by atoms with Gasteiger partial charge in [0.2, 0.25) is 0 Å². The number of carboxylic acids is 1. The minimum absolute atomic E-state index is 0.0785. The van der Waals surface area contributed by atoms with Crippen LogP contribution in [0.5, 0.6) is 0 Å². The molecule has 2 rings (SSSR count). The Hall–Kier alpha value is -1.97. The van der Waals surface area contributed by atoms with Crippen molar-refractivity contribution < 1.29 is 19.1 Å². The molecule has 8 nitrogen and oxygen atoms in total. The number of carboxylic acid groups (broad SMARTS) is 1. The lowest BCUT2D eigenvalue weighted by atomic mass is 10.2. The van der Waals surface area contributed by atoms with E-state index in [0.717, 1.165) is 0 Å². The third kappa shape index (κ3) is 4.66. The fourth-order valence-electron chi connectivity index (χ4n) is 2.46. The van der Waals surface area contributed by atoms with E-state index >= 15 is 0 Å². The second-order valence-corrected chi connectivity index (χ2v) is 13.1. The van der Waals surface area contributed by atoms with Gasteiger partial charge in [0.25, 0.3) is 5.56 Å². The van der Waals surface area contributed by atoms with Gasteiger partial charge in [0.05, 0.1) is 6.61 Å². The van der Waals surface area contributed by atoms with E-state index in [4.69, 9.17) is 14.3 Å². The molecule has 1 aromatic heterocycles. The van der Waals surface area contributed by atoms with E-state index in [1.807, 2.05) is 6.08 Å². The van der Waals surface area contributed by atoms with Gasteiger partial charge in [-0.05, 0) is 31.1 Å². The lowest BCUT2D eigenvalue weighted by Crippen LogP contribution is -2.44. The Balaban J connectivity index is 2.17. The zero-order chi connectivity index (χ0) is 20.6. The van der Waals surface area contributed by atoms with E-state index in [-0.39, 0.29) is 16.7 Å². The molecular formula is C18H28N2O6Si. The molecule has 2 atom stereocenters. The number of carbonyl (C=O) groups is 1. The van der Waals surface area contributed by atoms with Gasteiger partial charge < -0.3 is 14.3 Å². The number of ether oxygens (including phenoxy) is 1. The number of aryl methyl sites for hydroxylation is 1. The van der Waals surface area contributed by atoms with Crippen LogP contribution in [0.3, 0.4) is 0 Å². The molecule has 27 heavy (non-hydrogen) atoms. The van der Waals surface area contributed by atoms with Crippen molar-refractivity contribution in [2.45, 2.75) is 64.7 Å². The Morgan fingerprint density at radius 2 is 1.93 bits per heavy atom. The maximum atomic E-state index is 12.5. The molecule has 0 bridgehead atoms. The van der Waals surface area contributed by atoms with Crippen molar-refractivity contribution in [1.82, 2.24) is 9.13 Å². The van der Waals surface area contributed by atoms with E-state index in [9.17, 15) is 14.4 Å². The van der Waals surface area contributed by atoms with Crippen molar-refractivity contribution in [1.29, 1.82) is 0 Å². The third-order valence-corrected chi connectivity index (χ3v) is 9.65. The lowest BCUT2D eigenvalue weighted by Gasteiger charge is -2.36. The molecule has 1 aliphatic heterocycles. The van der Waals surface area contributed by atoms with Crippen LogP contribution in [0, 0.1) is 6.92 Å². The van der Waals surface area contributed by atoms with Crippen molar-refractivity contribution >= 4 is 14.3 Å². The van der Waals surface area contributed by atoms with E-state index < -0.39 is 38.3 Å². The zero-order valence-electron chi connectivity index (χ0n) is 16.7. The number of nitrogens with zero attached hydrogens (tertiary/aromatic N) is 2. The molecule has 2 heterocycles. The van der Waals surface area contributed by atoms with Gasteiger partial charge in [-0.1, -0.05) is 26.8 Å². The molecule has 0 spiro atoms. The quantitative estimate of drug-likeness (QED) is 0.582. The number of rotatable bonds is 6. The molecule has 0 radical (unpaired) electrons. The molecule has 0 aromatic carbocycles. The average molecular weight is 397 g/mol. The van der Waals surface area contributed by atoms with Gasteiger partial charge in [-0.2, -0.15) is 0 Å². The van der Waals surface area contributed by atoms with Crippen LogP contribution < -0.4 is 11.2 Å². The minimum atomic E-state index is -1.92. The highest BCUT2D eigenvalue weighted by Gasteiger charge is 2.38. The summed E-state index contributed by atoms with van der Waals surface area (Å²) >= 11 is 0. The molecule has 0 amide bonds. The van der Waals surface area contributed by atoms with Crippen molar-refractivity contribution in [2.75, 3.05) is 6.61 Å². The van der Waals surface area contributed by atoms with E-state index in [0.29, 0.717) is 11.2 Å². The normalized spacial score (nSPS) is 20.2. The minimum Gasteiger partial charge on any atom is -0.480 e. The smallest absolute Gasteiger partial charge is 0.333 e. The highest BCUT2D eigenvalue weighted by molar-refractivity contribution is 6.74. The standard InChI is InChI=1S/C18H28N2O6Si/c1-12-9-19(17(24)20(16(12)23)10-15(21)22)14-8-7-13(26-14)11-25-27(5,6)18(2,3)4/h7-9,13-14H,10-11H2,1-6H3,(H,21,22)/t13-,14+/m0/s1. The molecule has 9 heteroatoms. The zero-order valence-corrected chi connectivity index (χ0v) is 17.7. The first kappa shape index (κ1) is 21.3. The topological polar surface area (TPSA) is 99.8 Å². The Bertz CT molecular complexity index is 862. The molecule has 1 N–H and O–H groups in total. The van der Waals surface area contributed by atoms with Crippen molar-refractivity contribution in [3.05, 3.63) is 44.8 Å². The van der Waals surface area contributed by atoms with Crippen LogP contribution in [0.2, 0.25) is 18.1 Å². The number of hydrogen-bond donors (Lipinski definition) is 1. The second kappa shape index (κ2) is 7.57. The van der Waals surface area contributed by atoms with Gasteiger partial charge in [0, 0.05) is 11.8 Å². The first-order valence-electron chi connectivity index (χ1n) is 8.85. The maximum Gasteiger partial charge on any atom is 0.333 e. The summed E-state index contributed by atoms with van der Waals surface area (Å²) in [5.41, 5.74) is -1.05. The maximum absolute atomic E-state index is 12.5. The number of aliphatic carboxylic acids is 1. The van der Waals surface area contributed by atoms with Gasteiger partial charge in [-0.3, -0.25) is 14.2 Å². The summed E-state index contributed by atoms with van der Waals surface area (Å²) in [5, 5.41) is 9.03. The van der Waals surface area contributed by atoms with Crippen LogP contribution in [0.4, 0.5) is 0 Å². The monoisotopic (exact) mass is 396 g/mol. The van der Waals surface area contributed by atoms with Crippen LogP contribution >= 0.6 is 0 Å². The van der Waals surface area contributed by atoms with Crippen LogP contribution in [-0.4, -0.2) is 41.2 Å². The summed E-state index contributed by atoms with van der Waals surface area (Å²) in [6.45, 7) is 12.0. The number of aromatic nitrogens is 2. The van der Waals surface area contributed by atoms with Gasteiger partial charge >= 0.3 is 11.7 Å². The second-order valence-electron chi connectivity index (χ2n) is 8.31. The lowest BCUT2D eigenvalue weighted by molar-refractivity contribution is -0.137.